The molecule has 2 fully saturated rings. The Labute approximate surface area is 156 Å². The average molecular weight is 371 g/mol. The molecular formula is C20H22FN3O3. The van der Waals surface area contributed by atoms with E-state index in [1.807, 2.05) is 6.07 Å². The number of nitrogens with zero attached hydrogens (tertiary/aromatic N) is 3. The number of hydrogen-bond acceptors (Lipinski definition) is 4. The molecule has 0 spiro atoms. The molecule has 2 bridgehead atoms. The van der Waals surface area contributed by atoms with Crippen molar-refractivity contribution in [3.8, 4) is 0 Å². The highest BCUT2D eigenvalue weighted by Gasteiger charge is 2.44. The van der Waals surface area contributed by atoms with Crippen molar-refractivity contribution in [3.63, 3.8) is 0 Å². The molecule has 2 aliphatic heterocycles. The van der Waals surface area contributed by atoms with Gasteiger partial charge in [-0.2, -0.15) is 0 Å². The predicted molar refractivity (Wildman–Crippen MR) is 95.3 cm³/mol. The van der Waals surface area contributed by atoms with Gasteiger partial charge in [-0.05, 0) is 50.3 Å². The standard InChI is InChI=1S/C20H22FN3O3/c1-12-18(13(2)27-22-12)20(26)24-7-6-15-9-17(24)19(25)23(11-15)10-14-4-3-5-16(21)8-14/h3-5,8,15,17H,6-7,9-11H2,1-2H3/t15-,17+/m0/s1. The molecular weight excluding hydrogens is 349 g/mol. The fraction of sp³-hybridized carbons (Fsp3) is 0.450. The highest BCUT2D eigenvalue weighted by atomic mass is 19.1. The summed E-state index contributed by atoms with van der Waals surface area (Å²) in [5.74, 6) is 0.243. The SMILES string of the molecule is Cc1noc(C)c1C(=O)N1CC[C@H]2C[C@@H]1C(=O)N(Cc1cccc(F)c1)C2. The minimum absolute atomic E-state index is 0.0738. The van der Waals surface area contributed by atoms with Gasteiger partial charge in [0.05, 0.1) is 5.69 Å². The molecule has 4 rings (SSSR count). The Morgan fingerprint density at radius 3 is 2.89 bits per heavy atom. The summed E-state index contributed by atoms with van der Waals surface area (Å²) in [7, 11) is 0. The Kier molecular flexibility index (Phi) is 4.45. The van der Waals surface area contributed by atoms with Gasteiger partial charge in [0.15, 0.2) is 0 Å². The summed E-state index contributed by atoms with van der Waals surface area (Å²) >= 11 is 0. The van der Waals surface area contributed by atoms with E-state index in [0.29, 0.717) is 49.0 Å². The van der Waals surface area contributed by atoms with Gasteiger partial charge < -0.3 is 14.3 Å². The first-order valence-electron chi connectivity index (χ1n) is 9.21. The van der Waals surface area contributed by atoms with Crippen molar-refractivity contribution in [3.05, 3.63) is 52.7 Å². The molecule has 6 nitrogen and oxygen atoms in total. The monoisotopic (exact) mass is 371 g/mol. The number of fused-ring (bicyclic) bond motifs is 2. The maximum absolute atomic E-state index is 13.5. The van der Waals surface area contributed by atoms with Gasteiger partial charge in [0.1, 0.15) is 23.2 Å². The number of hydrogen-bond donors (Lipinski definition) is 0. The Morgan fingerprint density at radius 1 is 1.37 bits per heavy atom. The molecule has 7 heteroatoms. The number of aryl methyl sites for hydroxylation is 2. The maximum atomic E-state index is 13.5. The smallest absolute Gasteiger partial charge is 0.260 e. The molecule has 3 heterocycles. The zero-order valence-electron chi connectivity index (χ0n) is 15.4. The van der Waals surface area contributed by atoms with Gasteiger partial charge in [-0.25, -0.2) is 4.39 Å². The first-order chi connectivity index (χ1) is 12.9. The first kappa shape index (κ1) is 17.7. The van der Waals surface area contributed by atoms with E-state index in [0.717, 1.165) is 12.0 Å². The highest BCUT2D eigenvalue weighted by Crippen LogP contribution is 2.32. The lowest BCUT2D eigenvalue weighted by Crippen LogP contribution is -2.60. The molecule has 0 saturated carbocycles. The van der Waals surface area contributed by atoms with Crippen LogP contribution in [0.5, 0.6) is 0 Å². The van der Waals surface area contributed by atoms with Crippen LogP contribution in [-0.2, 0) is 11.3 Å². The van der Waals surface area contributed by atoms with Crippen LogP contribution in [0.1, 0.15) is 40.2 Å². The van der Waals surface area contributed by atoms with Crippen LogP contribution in [0.15, 0.2) is 28.8 Å². The average Bonchev–Trinajstić information content (AvgIpc) is 2.97. The Morgan fingerprint density at radius 2 is 2.19 bits per heavy atom. The molecule has 27 heavy (non-hydrogen) atoms. The molecule has 2 aromatic rings. The maximum Gasteiger partial charge on any atom is 0.260 e. The minimum Gasteiger partial charge on any atom is -0.361 e. The second-order valence-corrected chi connectivity index (χ2v) is 7.45. The number of carbonyl (C=O) groups excluding carboxylic acids is 2. The number of rotatable bonds is 3. The van der Waals surface area contributed by atoms with Crippen molar-refractivity contribution in [1.29, 1.82) is 0 Å². The Hall–Kier alpha value is -2.70. The summed E-state index contributed by atoms with van der Waals surface area (Å²) in [5.41, 5.74) is 1.75. The normalized spacial score (nSPS) is 22.3. The number of likely N-dealkylation sites (tertiary alicyclic amines) is 2. The summed E-state index contributed by atoms with van der Waals surface area (Å²) in [6.07, 6.45) is 1.52. The number of aromatic nitrogens is 1. The van der Waals surface area contributed by atoms with Crippen LogP contribution in [0.2, 0.25) is 0 Å². The second kappa shape index (κ2) is 6.79. The largest absolute Gasteiger partial charge is 0.361 e. The van der Waals surface area contributed by atoms with Gasteiger partial charge in [0.25, 0.3) is 5.91 Å². The zero-order chi connectivity index (χ0) is 19.1. The van der Waals surface area contributed by atoms with E-state index in [2.05, 4.69) is 5.16 Å². The predicted octanol–water partition coefficient (Wildman–Crippen LogP) is 2.69. The fourth-order valence-electron chi connectivity index (χ4n) is 4.22. The fourth-order valence-corrected chi connectivity index (χ4v) is 4.22. The van der Waals surface area contributed by atoms with Crippen molar-refractivity contribution in [1.82, 2.24) is 15.0 Å². The van der Waals surface area contributed by atoms with Gasteiger partial charge in [0.2, 0.25) is 5.91 Å². The third-order valence-electron chi connectivity index (χ3n) is 5.56. The number of piperidine rings is 2. The first-order valence-corrected chi connectivity index (χ1v) is 9.21. The molecule has 2 aliphatic rings. The molecule has 0 unspecified atom stereocenters. The topological polar surface area (TPSA) is 66.7 Å². The highest BCUT2D eigenvalue weighted by molar-refractivity contribution is 5.99. The Bertz CT molecular complexity index is 875. The third-order valence-corrected chi connectivity index (χ3v) is 5.56. The molecule has 0 aliphatic carbocycles. The van der Waals surface area contributed by atoms with Gasteiger partial charge in [0, 0.05) is 19.6 Å². The molecule has 2 atom stereocenters. The van der Waals surface area contributed by atoms with Crippen LogP contribution < -0.4 is 0 Å². The summed E-state index contributed by atoms with van der Waals surface area (Å²) in [6.45, 7) is 5.00. The lowest BCUT2D eigenvalue weighted by atomic mass is 9.85. The zero-order valence-corrected chi connectivity index (χ0v) is 15.4. The summed E-state index contributed by atoms with van der Waals surface area (Å²) in [4.78, 5) is 29.5. The van der Waals surface area contributed by atoms with Crippen molar-refractivity contribution in [2.24, 2.45) is 5.92 Å². The van der Waals surface area contributed by atoms with Crippen LogP contribution >= 0.6 is 0 Å². The number of benzene rings is 1. The molecule has 1 aromatic carbocycles. The molecule has 142 valence electrons. The van der Waals surface area contributed by atoms with Crippen molar-refractivity contribution < 1.29 is 18.5 Å². The summed E-state index contributed by atoms with van der Waals surface area (Å²) < 4.78 is 18.6. The summed E-state index contributed by atoms with van der Waals surface area (Å²) in [6, 6.07) is 5.82. The van der Waals surface area contributed by atoms with Gasteiger partial charge >= 0.3 is 0 Å². The van der Waals surface area contributed by atoms with E-state index in [-0.39, 0.29) is 17.6 Å². The van der Waals surface area contributed by atoms with Crippen molar-refractivity contribution in [2.45, 2.75) is 39.3 Å². The molecule has 0 radical (unpaired) electrons. The summed E-state index contributed by atoms with van der Waals surface area (Å²) in [5, 5.41) is 3.86. The molecule has 2 amide bonds. The van der Waals surface area contributed by atoms with E-state index in [4.69, 9.17) is 4.52 Å². The van der Waals surface area contributed by atoms with E-state index in [1.165, 1.54) is 12.1 Å². The van der Waals surface area contributed by atoms with Gasteiger partial charge in [-0.15, -0.1) is 0 Å². The molecule has 1 aromatic heterocycles. The third kappa shape index (κ3) is 3.22. The lowest BCUT2D eigenvalue weighted by molar-refractivity contribution is -0.144. The minimum atomic E-state index is -0.479. The van der Waals surface area contributed by atoms with Gasteiger partial charge in [-0.3, -0.25) is 9.59 Å². The Balaban J connectivity index is 1.56. The van der Waals surface area contributed by atoms with Gasteiger partial charge in [-0.1, -0.05) is 17.3 Å². The number of carbonyl (C=O) groups is 2. The molecule has 2 saturated heterocycles. The van der Waals surface area contributed by atoms with Crippen LogP contribution in [0, 0.1) is 25.6 Å². The van der Waals surface area contributed by atoms with Crippen molar-refractivity contribution in [2.75, 3.05) is 13.1 Å². The van der Waals surface area contributed by atoms with E-state index >= 15 is 0 Å². The van der Waals surface area contributed by atoms with Crippen LogP contribution in [0.4, 0.5) is 4.39 Å². The number of halogens is 1. The van der Waals surface area contributed by atoms with E-state index in [9.17, 15) is 14.0 Å². The van der Waals surface area contributed by atoms with E-state index in [1.54, 1.807) is 29.7 Å². The van der Waals surface area contributed by atoms with E-state index < -0.39 is 6.04 Å². The van der Waals surface area contributed by atoms with Crippen LogP contribution in [0.25, 0.3) is 0 Å². The van der Waals surface area contributed by atoms with Crippen LogP contribution in [-0.4, -0.2) is 45.9 Å². The van der Waals surface area contributed by atoms with Crippen molar-refractivity contribution >= 4 is 11.8 Å². The number of amides is 2. The lowest BCUT2D eigenvalue weighted by Gasteiger charge is -2.46. The van der Waals surface area contributed by atoms with Crippen LogP contribution in [0.3, 0.4) is 0 Å². The molecule has 0 N–H and O–H groups in total. The quantitative estimate of drug-likeness (QED) is 0.832. The second-order valence-electron chi connectivity index (χ2n) is 7.45.